The van der Waals surface area contributed by atoms with Crippen LogP contribution in [-0.2, 0) is 4.79 Å². The fraction of sp³-hybridized carbons (Fsp3) is 0.182. The van der Waals surface area contributed by atoms with E-state index in [1.165, 1.54) is 13.2 Å². The number of ether oxygens (including phenoxy) is 1. The van der Waals surface area contributed by atoms with Crippen LogP contribution in [0.15, 0.2) is 30.4 Å². The number of hydrogen-bond acceptors (Lipinski definition) is 3. The van der Waals surface area contributed by atoms with Crippen LogP contribution in [0.25, 0.3) is 0 Å². The third-order valence-corrected chi connectivity index (χ3v) is 2.23. The number of methoxy groups -OCH3 is 1. The number of halogens is 1. The molecule has 1 unspecified atom stereocenters. The lowest BCUT2D eigenvalue weighted by Gasteiger charge is -2.12. The average molecular weight is 242 g/mol. The Morgan fingerprint density at radius 3 is 2.88 bits per heavy atom. The molecule has 0 aromatic heterocycles. The van der Waals surface area contributed by atoms with Gasteiger partial charge in [0.25, 0.3) is 0 Å². The molecular formula is C11H12ClNO3. The van der Waals surface area contributed by atoms with Crippen LogP contribution in [0.4, 0.5) is 0 Å². The highest BCUT2D eigenvalue weighted by Gasteiger charge is 2.10. The Bertz CT molecular complexity index is 418. The number of rotatable bonds is 4. The zero-order chi connectivity index (χ0) is 12.1. The highest BCUT2D eigenvalue weighted by Crippen LogP contribution is 2.27. The van der Waals surface area contributed by atoms with Crippen molar-refractivity contribution in [1.82, 2.24) is 0 Å². The highest BCUT2D eigenvalue weighted by molar-refractivity contribution is 6.30. The van der Waals surface area contributed by atoms with Gasteiger partial charge in [-0.25, -0.2) is 4.79 Å². The van der Waals surface area contributed by atoms with Gasteiger partial charge in [-0.3, -0.25) is 0 Å². The molecule has 0 heterocycles. The molecule has 3 N–H and O–H groups in total. The number of nitrogens with two attached hydrogens (primary N) is 1. The lowest BCUT2D eigenvalue weighted by atomic mass is 10.1. The van der Waals surface area contributed by atoms with Gasteiger partial charge in [-0.15, -0.1) is 0 Å². The molecule has 0 fully saturated rings. The predicted molar refractivity (Wildman–Crippen MR) is 61.7 cm³/mol. The van der Waals surface area contributed by atoms with Crippen molar-refractivity contribution in [3.8, 4) is 5.75 Å². The number of aliphatic carboxylic acids is 1. The van der Waals surface area contributed by atoms with Crippen LogP contribution in [0.2, 0.25) is 5.02 Å². The van der Waals surface area contributed by atoms with E-state index in [0.29, 0.717) is 16.3 Å². The fourth-order valence-electron chi connectivity index (χ4n) is 1.26. The first-order chi connectivity index (χ1) is 7.54. The van der Waals surface area contributed by atoms with Crippen LogP contribution in [-0.4, -0.2) is 18.2 Å². The second-order valence-corrected chi connectivity index (χ2v) is 3.55. The van der Waals surface area contributed by atoms with Gasteiger partial charge < -0.3 is 15.6 Å². The van der Waals surface area contributed by atoms with E-state index < -0.39 is 12.0 Å². The third-order valence-electron chi connectivity index (χ3n) is 2.00. The Hall–Kier alpha value is -1.52. The lowest BCUT2D eigenvalue weighted by molar-refractivity contribution is -0.131. The van der Waals surface area contributed by atoms with E-state index in [4.69, 9.17) is 27.2 Å². The molecule has 16 heavy (non-hydrogen) atoms. The van der Waals surface area contributed by atoms with Gasteiger partial charge >= 0.3 is 5.97 Å². The molecule has 0 amide bonds. The number of carboxylic acids is 1. The maximum Gasteiger partial charge on any atom is 0.328 e. The van der Waals surface area contributed by atoms with Gasteiger partial charge in [0.15, 0.2) is 0 Å². The van der Waals surface area contributed by atoms with Gasteiger partial charge in [0.1, 0.15) is 5.75 Å². The minimum absolute atomic E-state index is 0.523. The summed E-state index contributed by atoms with van der Waals surface area (Å²) in [7, 11) is 1.51. The molecular weight excluding hydrogens is 230 g/mol. The van der Waals surface area contributed by atoms with E-state index in [2.05, 4.69) is 0 Å². The Kier molecular flexibility index (Phi) is 4.34. The van der Waals surface area contributed by atoms with Gasteiger partial charge in [-0.05, 0) is 18.2 Å². The first kappa shape index (κ1) is 12.5. The van der Waals surface area contributed by atoms with Crippen molar-refractivity contribution < 1.29 is 14.6 Å². The van der Waals surface area contributed by atoms with Crippen molar-refractivity contribution >= 4 is 17.6 Å². The normalized spacial score (nSPS) is 12.7. The van der Waals surface area contributed by atoms with Crippen LogP contribution in [0.3, 0.4) is 0 Å². The molecule has 5 heteroatoms. The molecule has 0 aliphatic carbocycles. The molecule has 1 aromatic carbocycles. The zero-order valence-electron chi connectivity index (χ0n) is 8.68. The Morgan fingerprint density at radius 1 is 1.62 bits per heavy atom. The van der Waals surface area contributed by atoms with E-state index in [1.807, 2.05) is 0 Å². The summed E-state index contributed by atoms with van der Waals surface area (Å²) in [5.41, 5.74) is 6.45. The molecule has 0 aliphatic rings. The first-order valence-electron chi connectivity index (χ1n) is 4.54. The average Bonchev–Trinajstić information content (AvgIpc) is 2.25. The summed E-state index contributed by atoms with van der Waals surface area (Å²) in [5, 5.41) is 9.01. The minimum Gasteiger partial charge on any atom is -0.496 e. The number of hydrogen-bond donors (Lipinski definition) is 2. The summed E-state index contributed by atoms with van der Waals surface area (Å²) in [6.07, 6.45) is 2.36. The van der Waals surface area contributed by atoms with Crippen molar-refractivity contribution in [3.05, 3.63) is 40.9 Å². The topological polar surface area (TPSA) is 72.5 Å². The smallest absolute Gasteiger partial charge is 0.328 e. The predicted octanol–water partition coefficient (Wildman–Crippen LogP) is 1.99. The zero-order valence-corrected chi connectivity index (χ0v) is 9.44. The Morgan fingerprint density at radius 2 is 2.31 bits per heavy atom. The standard InChI is InChI=1S/C11H12ClNO3/c1-16-10-4-2-7(12)6-8(10)9(13)3-5-11(14)15/h2-6,9H,13H2,1H3,(H,14,15)/b5-3+. The van der Waals surface area contributed by atoms with Gasteiger partial charge in [0.05, 0.1) is 13.2 Å². The van der Waals surface area contributed by atoms with E-state index in [1.54, 1.807) is 18.2 Å². The van der Waals surface area contributed by atoms with E-state index in [0.717, 1.165) is 6.08 Å². The van der Waals surface area contributed by atoms with Gasteiger partial charge in [-0.2, -0.15) is 0 Å². The summed E-state index contributed by atoms with van der Waals surface area (Å²) >= 11 is 5.83. The van der Waals surface area contributed by atoms with Crippen LogP contribution in [0.1, 0.15) is 11.6 Å². The molecule has 0 aliphatic heterocycles. The quantitative estimate of drug-likeness (QED) is 0.791. The highest BCUT2D eigenvalue weighted by atomic mass is 35.5. The fourth-order valence-corrected chi connectivity index (χ4v) is 1.44. The van der Waals surface area contributed by atoms with Crippen molar-refractivity contribution in [2.75, 3.05) is 7.11 Å². The monoisotopic (exact) mass is 241 g/mol. The van der Waals surface area contributed by atoms with Gasteiger partial charge in [0.2, 0.25) is 0 Å². The number of benzene rings is 1. The summed E-state index contributed by atoms with van der Waals surface area (Å²) in [6.45, 7) is 0. The molecule has 4 nitrogen and oxygen atoms in total. The van der Waals surface area contributed by atoms with Crippen molar-refractivity contribution in [3.63, 3.8) is 0 Å². The van der Waals surface area contributed by atoms with E-state index >= 15 is 0 Å². The maximum absolute atomic E-state index is 10.4. The van der Waals surface area contributed by atoms with E-state index in [9.17, 15) is 4.79 Å². The first-order valence-corrected chi connectivity index (χ1v) is 4.92. The van der Waals surface area contributed by atoms with Gasteiger partial charge in [0, 0.05) is 16.7 Å². The lowest BCUT2D eigenvalue weighted by Crippen LogP contribution is -2.09. The van der Waals surface area contributed by atoms with Crippen LogP contribution in [0.5, 0.6) is 5.75 Å². The van der Waals surface area contributed by atoms with Gasteiger partial charge in [-0.1, -0.05) is 17.7 Å². The second-order valence-electron chi connectivity index (χ2n) is 3.11. The maximum atomic E-state index is 10.4. The Balaban J connectivity index is 3.01. The SMILES string of the molecule is COc1ccc(Cl)cc1C(N)/C=C/C(=O)O. The van der Waals surface area contributed by atoms with Crippen LogP contribution >= 0.6 is 11.6 Å². The summed E-state index contributed by atoms with van der Waals surface area (Å²) < 4.78 is 5.11. The molecule has 86 valence electrons. The minimum atomic E-state index is -1.04. The summed E-state index contributed by atoms with van der Waals surface area (Å²) in [4.78, 5) is 10.4. The number of carbonyl (C=O) groups is 1. The molecule has 0 saturated carbocycles. The van der Waals surface area contributed by atoms with Crippen molar-refractivity contribution in [2.45, 2.75) is 6.04 Å². The molecule has 0 saturated heterocycles. The van der Waals surface area contributed by atoms with Crippen LogP contribution in [0, 0.1) is 0 Å². The summed E-state index contributed by atoms with van der Waals surface area (Å²) in [5.74, 6) is -0.469. The number of carboxylic acid groups (broad SMARTS) is 1. The third kappa shape index (κ3) is 3.25. The molecule has 1 rings (SSSR count). The van der Waals surface area contributed by atoms with Crippen molar-refractivity contribution in [1.29, 1.82) is 0 Å². The van der Waals surface area contributed by atoms with E-state index in [-0.39, 0.29) is 0 Å². The van der Waals surface area contributed by atoms with Crippen LogP contribution < -0.4 is 10.5 Å². The Labute approximate surface area is 98.3 Å². The molecule has 1 atom stereocenters. The molecule has 1 aromatic rings. The largest absolute Gasteiger partial charge is 0.496 e. The molecule has 0 radical (unpaired) electrons. The van der Waals surface area contributed by atoms with Crippen molar-refractivity contribution in [2.24, 2.45) is 5.73 Å². The molecule has 0 spiro atoms. The molecule has 0 bridgehead atoms. The summed E-state index contributed by atoms with van der Waals surface area (Å²) in [6, 6.07) is 4.45. The second kappa shape index (κ2) is 5.53.